The second-order valence-electron chi connectivity index (χ2n) is 3.95. The van der Waals surface area contributed by atoms with Crippen LogP contribution in [0.5, 0.6) is 0 Å². The molecule has 0 unspecified atom stereocenters. The highest BCUT2D eigenvalue weighted by Crippen LogP contribution is 2.24. The lowest BCUT2D eigenvalue weighted by Gasteiger charge is -2.02. The van der Waals surface area contributed by atoms with Crippen LogP contribution < -0.4 is 0 Å². The Morgan fingerprint density at radius 2 is 1.84 bits per heavy atom. The largest absolute Gasteiger partial charge is 0.410 e. The van der Waals surface area contributed by atoms with Gasteiger partial charge in [0, 0.05) is 0 Å². The number of benzene rings is 1. The first-order valence-corrected chi connectivity index (χ1v) is 6.96. The molecule has 96 valence electrons. The van der Waals surface area contributed by atoms with Gasteiger partial charge >= 0.3 is 0 Å². The van der Waals surface area contributed by atoms with Gasteiger partial charge in [-0.2, -0.15) is 0 Å². The minimum Gasteiger partial charge on any atom is -0.410 e. The van der Waals surface area contributed by atoms with Gasteiger partial charge in [-0.15, -0.1) is 10.2 Å². The van der Waals surface area contributed by atoms with E-state index in [2.05, 4.69) is 20.2 Å². The Kier molecular flexibility index (Phi) is 3.16. The van der Waals surface area contributed by atoms with E-state index in [-0.39, 0.29) is 0 Å². The van der Waals surface area contributed by atoms with Crippen LogP contribution in [0, 0.1) is 6.92 Å². The second-order valence-corrected chi connectivity index (χ2v) is 5.17. The minimum atomic E-state index is 0.423. The van der Waals surface area contributed by atoms with E-state index in [0.717, 1.165) is 22.5 Å². The Hall–Kier alpha value is -1.95. The molecule has 3 rings (SSSR count). The summed E-state index contributed by atoms with van der Waals surface area (Å²) in [6.07, 6.45) is 0. The molecule has 0 radical (unpaired) electrons. The van der Waals surface area contributed by atoms with Crippen LogP contribution in [-0.2, 0) is 0 Å². The first kappa shape index (κ1) is 12.1. The molecule has 0 N–H and O–H groups in total. The standard InChI is InChI=1S/C13H12N4OS/c1-3-19-13-17-16-12(18-13)11-8(2)14-9-6-4-5-7-10(9)15-11/h4-7H,3H2,1-2H3. The van der Waals surface area contributed by atoms with Crippen LogP contribution in [-0.4, -0.2) is 25.9 Å². The van der Waals surface area contributed by atoms with Crippen molar-refractivity contribution in [3.63, 3.8) is 0 Å². The van der Waals surface area contributed by atoms with Crippen LogP contribution in [0.15, 0.2) is 33.9 Å². The number of aryl methyl sites for hydroxylation is 1. The van der Waals surface area contributed by atoms with Crippen molar-refractivity contribution < 1.29 is 4.42 Å². The molecule has 19 heavy (non-hydrogen) atoms. The Bertz CT molecular complexity index is 725. The fourth-order valence-electron chi connectivity index (χ4n) is 1.78. The molecule has 0 spiro atoms. The maximum Gasteiger partial charge on any atom is 0.276 e. The number of hydrogen-bond donors (Lipinski definition) is 0. The summed E-state index contributed by atoms with van der Waals surface area (Å²) in [5.74, 6) is 1.32. The van der Waals surface area contributed by atoms with Gasteiger partial charge in [-0.1, -0.05) is 30.8 Å². The molecule has 2 heterocycles. The number of para-hydroxylation sites is 2. The molecule has 0 atom stereocenters. The third kappa shape index (κ3) is 2.31. The van der Waals surface area contributed by atoms with E-state index in [9.17, 15) is 0 Å². The van der Waals surface area contributed by atoms with Crippen molar-refractivity contribution in [2.24, 2.45) is 0 Å². The zero-order valence-electron chi connectivity index (χ0n) is 10.6. The maximum absolute atomic E-state index is 5.58. The molecule has 0 aliphatic rings. The fourth-order valence-corrected chi connectivity index (χ4v) is 2.26. The lowest BCUT2D eigenvalue weighted by atomic mass is 10.2. The highest BCUT2D eigenvalue weighted by Gasteiger charge is 2.14. The second kappa shape index (κ2) is 4.97. The molecule has 0 aliphatic carbocycles. The van der Waals surface area contributed by atoms with Gasteiger partial charge < -0.3 is 4.42 Å². The first-order chi connectivity index (χ1) is 9.28. The SMILES string of the molecule is CCSc1nnc(-c2nc3ccccc3nc2C)o1. The highest BCUT2D eigenvalue weighted by atomic mass is 32.2. The van der Waals surface area contributed by atoms with E-state index < -0.39 is 0 Å². The summed E-state index contributed by atoms with van der Waals surface area (Å²) in [6, 6.07) is 7.73. The summed E-state index contributed by atoms with van der Waals surface area (Å²) in [5, 5.41) is 8.58. The molecule has 0 saturated heterocycles. The van der Waals surface area contributed by atoms with Crippen LogP contribution in [0.25, 0.3) is 22.6 Å². The van der Waals surface area contributed by atoms with E-state index in [4.69, 9.17) is 4.42 Å². The predicted octanol–water partition coefficient (Wildman–Crippen LogP) is 3.10. The van der Waals surface area contributed by atoms with Gasteiger partial charge in [-0.05, 0) is 24.8 Å². The normalized spacial score (nSPS) is 11.1. The highest BCUT2D eigenvalue weighted by molar-refractivity contribution is 7.99. The molecule has 0 saturated carbocycles. The Balaban J connectivity index is 2.10. The molecule has 0 aliphatic heterocycles. The topological polar surface area (TPSA) is 64.7 Å². The predicted molar refractivity (Wildman–Crippen MR) is 74.0 cm³/mol. The Labute approximate surface area is 114 Å². The summed E-state index contributed by atoms with van der Waals surface area (Å²) >= 11 is 1.51. The molecule has 6 heteroatoms. The molecule has 3 aromatic rings. The number of aromatic nitrogens is 4. The Morgan fingerprint density at radius 1 is 1.11 bits per heavy atom. The first-order valence-electron chi connectivity index (χ1n) is 5.98. The lowest BCUT2D eigenvalue weighted by molar-refractivity contribution is 0.464. The van der Waals surface area contributed by atoms with Gasteiger partial charge in [0.2, 0.25) is 0 Å². The van der Waals surface area contributed by atoms with Gasteiger partial charge in [0.05, 0.1) is 16.7 Å². The molecule has 0 amide bonds. The summed E-state index contributed by atoms with van der Waals surface area (Å²) in [7, 11) is 0. The van der Waals surface area contributed by atoms with E-state index in [1.165, 1.54) is 11.8 Å². The van der Waals surface area contributed by atoms with Gasteiger partial charge in [0.1, 0.15) is 5.69 Å². The van der Waals surface area contributed by atoms with Crippen LogP contribution in [0.1, 0.15) is 12.6 Å². The van der Waals surface area contributed by atoms with E-state index in [1.54, 1.807) is 0 Å². The minimum absolute atomic E-state index is 0.423. The lowest BCUT2D eigenvalue weighted by Crippen LogP contribution is -1.94. The molecule has 0 bridgehead atoms. The van der Waals surface area contributed by atoms with Gasteiger partial charge in [-0.25, -0.2) is 9.97 Å². The average molecular weight is 272 g/mol. The van der Waals surface area contributed by atoms with Crippen LogP contribution >= 0.6 is 11.8 Å². The molecule has 5 nitrogen and oxygen atoms in total. The van der Waals surface area contributed by atoms with Crippen molar-refractivity contribution >= 4 is 22.8 Å². The monoisotopic (exact) mass is 272 g/mol. The number of thioether (sulfide) groups is 1. The van der Waals surface area contributed by atoms with Crippen molar-refractivity contribution in [1.82, 2.24) is 20.2 Å². The number of hydrogen-bond acceptors (Lipinski definition) is 6. The van der Waals surface area contributed by atoms with E-state index in [1.807, 2.05) is 38.1 Å². The van der Waals surface area contributed by atoms with Crippen molar-refractivity contribution in [2.75, 3.05) is 5.75 Å². The quantitative estimate of drug-likeness (QED) is 0.683. The van der Waals surface area contributed by atoms with Crippen molar-refractivity contribution in [3.8, 4) is 11.6 Å². The summed E-state index contributed by atoms with van der Waals surface area (Å²) in [4.78, 5) is 9.06. The fraction of sp³-hybridized carbons (Fsp3) is 0.231. The molecule has 2 aromatic heterocycles. The Morgan fingerprint density at radius 3 is 2.58 bits per heavy atom. The van der Waals surface area contributed by atoms with Crippen LogP contribution in [0.2, 0.25) is 0 Å². The number of fused-ring (bicyclic) bond motifs is 1. The summed E-state index contributed by atoms with van der Waals surface area (Å²) in [5.41, 5.74) is 3.13. The summed E-state index contributed by atoms with van der Waals surface area (Å²) in [6.45, 7) is 3.93. The molecule has 1 aromatic carbocycles. The van der Waals surface area contributed by atoms with E-state index >= 15 is 0 Å². The maximum atomic E-state index is 5.58. The third-order valence-electron chi connectivity index (χ3n) is 2.62. The van der Waals surface area contributed by atoms with Gasteiger partial charge in [-0.3, -0.25) is 0 Å². The van der Waals surface area contributed by atoms with E-state index in [0.29, 0.717) is 16.8 Å². The number of nitrogens with zero attached hydrogens (tertiary/aromatic N) is 4. The molecular formula is C13H12N4OS. The average Bonchev–Trinajstić information content (AvgIpc) is 2.87. The van der Waals surface area contributed by atoms with Crippen molar-refractivity contribution in [2.45, 2.75) is 19.1 Å². The number of rotatable bonds is 3. The van der Waals surface area contributed by atoms with Crippen molar-refractivity contribution in [1.29, 1.82) is 0 Å². The zero-order chi connectivity index (χ0) is 13.2. The van der Waals surface area contributed by atoms with Gasteiger partial charge in [0.15, 0.2) is 0 Å². The zero-order valence-corrected chi connectivity index (χ0v) is 11.4. The summed E-state index contributed by atoms with van der Waals surface area (Å²) < 4.78 is 5.58. The third-order valence-corrected chi connectivity index (χ3v) is 3.32. The van der Waals surface area contributed by atoms with Gasteiger partial charge in [0.25, 0.3) is 11.1 Å². The smallest absolute Gasteiger partial charge is 0.276 e. The molecule has 0 fully saturated rings. The molecular weight excluding hydrogens is 260 g/mol. The van der Waals surface area contributed by atoms with Crippen LogP contribution in [0.4, 0.5) is 0 Å². The van der Waals surface area contributed by atoms with Crippen molar-refractivity contribution in [3.05, 3.63) is 30.0 Å². The van der Waals surface area contributed by atoms with Crippen LogP contribution in [0.3, 0.4) is 0 Å².